The van der Waals surface area contributed by atoms with Gasteiger partial charge in [-0.15, -0.1) is 10.2 Å². The van der Waals surface area contributed by atoms with Crippen LogP contribution in [0.2, 0.25) is 0 Å². The van der Waals surface area contributed by atoms with Crippen molar-refractivity contribution in [2.75, 3.05) is 17.2 Å². The number of benzene rings is 2. The number of rotatable bonds is 6. The van der Waals surface area contributed by atoms with E-state index in [2.05, 4.69) is 34.7 Å². The lowest BCUT2D eigenvalue weighted by molar-refractivity contribution is 0.262. The van der Waals surface area contributed by atoms with Crippen LogP contribution in [0.25, 0.3) is 0 Å². The molecule has 1 aromatic heterocycles. The highest BCUT2D eigenvalue weighted by Gasteiger charge is 2.08. The maximum atomic E-state index is 11.9. The number of hydrogen-bond acceptors (Lipinski definition) is 5. The van der Waals surface area contributed by atoms with Crippen LogP contribution in [0.1, 0.15) is 16.1 Å². The van der Waals surface area contributed by atoms with Crippen molar-refractivity contribution in [2.24, 2.45) is 0 Å². The van der Waals surface area contributed by atoms with Gasteiger partial charge in [0.05, 0.1) is 6.61 Å². The molecule has 0 spiro atoms. The smallest absolute Gasteiger partial charge is 0.325 e. The van der Waals surface area contributed by atoms with E-state index in [0.29, 0.717) is 18.2 Å². The first-order chi connectivity index (χ1) is 12.6. The maximum Gasteiger partial charge on any atom is 0.325 e. The average molecular weight is 368 g/mol. The Hall–Kier alpha value is -2.93. The minimum absolute atomic E-state index is 0.342. The van der Waals surface area contributed by atoms with Crippen LogP contribution in [0.5, 0.6) is 5.75 Å². The summed E-state index contributed by atoms with van der Waals surface area (Å²) in [6, 6.07) is 14.9. The van der Waals surface area contributed by atoms with Gasteiger partial charge in [0, 0.05) is 12.1 Å². The molecule has 134 valence electrons. The second-order valence-electron chi connectivity index (χ2n) is 5.79. The van der Waals surface area contributed by atoms with Gasteiger partial charge in [-0.25, -0.2) is 4.79 Å². The fourth-order valence-corrected chi connectivity index (χ4v) is 2.96. The first kappa shape index (κ1) is 17.9. The Morgan fingerprint density at radius 1 is 1.04 bits per heavy atom. The van der Waals surface area contributed by atoms with Crippen LogP contribution < -0.4 is 15.4 Å². The van der Waals surface area contributed by atoms with Gasteiger partial charge >= 0.3 is 6.03 Å². The third kappa shape index (κ3) is 5.03. The van der Waals surface area contributed by atoms with Crippen molar-refractivity contribution in [3.63, 3.8) is 0 Å². The Bertz CT molecular complexity index is 880. The van der Waals surface area contributed by atoms with Gasteiger partial charge in [0.25, 0.3) is 0 Å². The highest BCUT2D eigenvalue weighted by molar-refractivity contribution is 7.15. The largest absolute Gasteiger partial charge is 0.493 e. The van der Waals surface area contributed by atoms with Gasteiger partial charge in [-0.3, -0.25) is 5.32 Å². The summed E-state index contributed by atoms with van der Waals surface area (Å²) in [5.74, 6) is 0.846. The zero-order chi connectivity index (χ0) is 18.4. The number of anilines is 2. The summed E-state index contributed by atoms with van der Waals surface area (Å²) < 4.78 is 5.75. The first-order valence-corrected chi connectivity index (χ1v) is 9.07. The Morgan fingerprint density at radius 2 is 1.85 bits per heavy atom. The molecule has 2 amide bonds. The quantitative estimate of drug-likeness (QED) is 0.675. The minimum atomic E-state index is -0.342. The minimum Gasteiger partial charge on any atom is -0.493 e. The van der Waals surface area contributed by atoms with E-state index < -0.39 is 0 Å². The molecule has 0 aliphatic heterocycles. The number of para-hydroxylation sites is 1. The molecule has 2 aromatic carbocycles. The van der Waals surface area contributed by atoms with Gasteiger partial charge in [-0.1, -0.05) is 35.6 Å². The van der Waals surface area contributed by atoms with Crippen LogP contribution in [-0.2, 0) is 6.42 Å². The van der Waals surface area contributed by atoms with Crippen LogP contribution in [-0.4, -0.2) is 22.8 Å². The SMILES string of the molecule is Cc1ccc(OCCc2nnc(NC(=O)Nc3ccccc3)s2)cc1C. The zero-order valence-corrected chi connectivity index (χ0v) is 15.5. The molecule has 0 atom stereocenters. The number of ether oxygens (including phenoxy) is 1. The summed E-state index contributed by atoms with van der Waals surface area (Å²) in [5.41, 5.74) is 3.16. The van der Waals surface area contributed by atoms with Crippen LogP contribution >= 0.6 is 11.3 Å². The molecule has 7 heteroatoms. The van der Waals surface area contributed by atoms with Gasteiger partial charge in [0.2, 0.25) is 5.13 Å². The van der Waals surface area contributed by atoms with E-state index in [1.54, 1.807) is 0 Å². The predicted molar refractivity (Wildman–Crippen MR) is 104 cm³/mol. The van der Waals surface area contributed by atoms with Gasteiger partial charge in [0.15, 0.2) is 0 Å². The van der Waals surface area contributed by atoms with E-state index in [1.807, 2.05) is 48.5 Å². The Labute approximate surface area is 156 Å². The highest BCUT2D eigenvalue weighted by atomic mass is 32.1. The van der Waals surface area contributed by atoms with E-state index in [4.69, 9.17) is 4.74 Å². The highest BCUT2D eigenvalue weighted by Crippen LogP contribution is 2.19. The second kappa shape index (κ2) is 8.44. The molecule has 3 aromatic rings. The Kier molecular flexibility index (Phi) is 5.80. The lowest BCUT2D eigenvalue weighted by Gasteiger charge is -2.07. The summed E-state index contributed by atoms with van der Waals surface area (Å²) in [5, 5.41) is 14.8. The van der Waals surface area contributed by atoms with E-state index in [1.165, 1.54) is 22.5 Å². The molecule has 1 heterocycles. The lowest BCUT2D eigenvalue weighted by atomic mass is 10.1. The fourth-order valence-electron chi connectivity index (χ4n) is 2.25. The number of aryl methyl sites for hydroxylation is 2. The molecule has 0 aliphatic rings. The summed E-state index contributed by atoms with van der Waals surface area (Å²) in [7, 11) is 0. The molecule has 0 unspecified atom stereocenters. The molecule has 26 heavy (non-hydrogen) atoms. The average Bonchev–Trinajstić information content (AvgIpc) is 3.06. The van der Waals surface area contributed by atoms with Crippen LogP contribution in [0.3, 0.4) is 0 Å². The summed E-state index contributed by atoms with van der Waals surface area (Å²) in [4.78, 5) is 11.9. The predicted octanol–water partition coefficient (Wildman–Crippen LogP) is 4.42. The Morgan fingerprint density at radius 3 is 2.62 bits per heavy atom. The second-order valence-corrected chi connectivity index (χ2v) is 6.85. The molecular formula is C19H20N4O2S. The van der Waals surface area contributed by atoms with E-state index in [0.717, 1.165) is 16.4 Å². The maximum absolute atomic E-state index is 11.9. The number of nitrogens with one attached hydrogen (secondary N) is 2. The van der Waals surface area contributed by atoms with Crippen LogP contribution in [0, 0.1) is 13.8 Å². The normalized spacial score (nSPS) is 10.4. The van der Waals surface area contributed by atoms with Crippen molar-refractivity contribution < 1.29 is 9.53 Å². The fraction of sp³-hybridized carbons (Fsp3) is 0.211. The van der Waals surface area contributed by atoms with Crippen molar-refractivity contribution in [3.05, 3.63) is 64.7 Å². The number of urea groups is 1. The topological polar surface area (TPSA) is 76.1 Å². The Balaban J connectivity index is 1.47. The third-order valence-electron chi connectivity index (χ3n) is 3.78. The summed E-state index contributed by atoms with van der Waals surface area (Å²) in [6.07, 6.45) is 0.632. The van der Waals surface area contributed by atoms with Gasteiger partial charge < -0.3 is 10.1 Å². The molecule has 6 nitrogen and oxygen atoms in total. The molecule has 3 rings (SSSR count). The van der Waals surface area contributed by atoms with Crippen molar-refractivity contribution in [1.29, 1.82) is 0 Å². The number of hydrogen-bond donors (Lipinski definition) is 2. The molecule has 0 radical (unpaired) electrons. The first-order valence-electron chi connectivity index (χ1n) is 8.25. The van der Waals surface area contributed by atoms with Gasteiger partial charge in [-0.05, 0) is 49.2 Å². The van der Waals surface area contributed by atoms with Crippen LogP contribution in [0.4, 0.5) is 15.6 Å². The van der Waals surface area contributed by atoms with Crippen molar-refractivity contribution in [2.45, 2.75) is 20.3 Å². The number of carbonyl (C=O) groups is 1. The van der Waals surface area contributed by atoms with Gasteiger partial charge in [0.1, 0.15) is 10.8 Å². The number of aromatic nitrogens is 2. The third-order valence-corrected chi connectivity index (χ3v) is 4.68. The number of nitrogens with zero attached hydrogens (tertiary/aromatic N) is 2. The number of carbonyl (C=O) groups excluding carboxylic acids is 1. The molecule has 0 bridgehead atoms. The van der Waals surface area contributed by atoms with Gasteiger partial charge in [-0.2, -0.15) is 0 Å². The lowest BCUT2D eigenvalue weighted by Crippen LogP contribution is -2.19. The molecule has 0 saturated heterocycles. The summed E-state index contributed by atoms with van der Waals surface area (Å²) in [6.45, 7) is 4.64. The molecule has 0 saturated carbocycles. The standard InChI is InChI=1S/C19H20N4O2S/c1-13-8-9-16(12-14(13)2)25-11-10-17-22-23-19(26-17)21-18(24)20-15-6-4-3-5-7-15/h3-9,12H,10-11H2,1-2H3,(H2,20,21,23,24). The zero-order valence-electron chi connectivity index (χ0n) is 14.7. The van der Waals surface area contributed by atoms with E-state index in [-0.39, 0.29) is 6.03 Å². The molecule has 0 fully saturated rings. The van der Waals surface area contributed by atoms with Crippen molar-refractivity contribution in [3.8, 4) is 5.75 Å². The monoisotopic (exact) mass is 368 g/mol. The molecular weight excluding hydrogens is 348 g/mol. The van der Waals surface area contributed by atoms with E-state index in [9.17, 15) is 4.79 Å². The summed E-state index contributed by atoms with van der Waals surface area (Å²) >= 11 is 1.34. The molecule has 0 aliphatic carbocycles. The van der Waals surface area contributed by atoms with E-state index >= 15 is 0 Å². The number of amides is 2. The van der Waals surface area contributed by atoms with Crippen LogP contribution in [0.15, 0.2) is 48.5 Å². The van der Waals surface area contributed by atoms with Crippen molar-refractivity contribution in [1.82, 2.24) is 10.2 Å². The molecule has 2 N–H and O–H groups in total. The van der Waals surface area contributed by atoms with Crippen molar-refractivity contribution >= 4 is 28.2 Å².